The van der Waals surface area contributed by atoms with Gasteiger partial charge in [0.05, 0.1) is 17.6 Å². The van der Waals surface area contributed by atoms with Gasteiger partial charge in [-0.1, -0.05) is 24.6 Å². The van der Waals surface area contributed by atoms with E-state index in [0.717, 1.165) is 35.6 Å². The van der Waals surface area contributed by atoms with Crippen LogP contribution in [-0.2, 0) is 9.59 Å². The Balaban J connectivity index is 0.00000243. The van der Waals surface area contributed by atoms with Crippen LogP contribution in [0, 0.1) is 11.3 Å². The van der Waals surface area contributed by atoms with Crippen molar-refractivity contribution in [3.05, 3.63) is 36.9 Å². The van der Waals surface area contributed by atoms with Crippen molar-refractivity contribution in [3.63, 3.8) is 0 Å². The normalized spacial score (nSPS) is 24.5. The van der Waals surface area contributed by atoms with Crippen LogP contribution in [0.2, 0.25) is 0 Å². The molecule has 1 heterocycles. The number of amides is 1. The van der Waals surface area contributed by atoms with Gasteiger partial charge >= 0.3 is 5.97 Å². The Kier molecular flexibility index (Phi) is 7.15. The Morgan fingerprint density at radius 2 is 2.19 bits per heavy atom. The van der Waals surface area contributed by atoms with Crippen LogP contribution in [0.25, 0.3) is 0 Å². The number of rotatable bonds is 7. The largest absolute Gasteiger partial charge is 0.481 e. The van der Waals surface area contributed by atoms with Crippen molar-refractivity contribution >= 4 is 41.7 Å². The Bertz CT molecular complexity index is 685. The highest BCUT2D eigenvalue weighted by Gasteiger charge is 2.54. The van der Waals surface area contributed by atoms with E-state index in [2.05, 4.69) is 11.9 Å². The summed E-state index contributed by atoms with van der Waals surface area (Å²) in [5.74, 6) is 0.159. The number of fused-ring (bicyclic) bond motifs is 1. The van der Waals surface area contributed by atoms with Crippen molar-refractivity contribution in [1.29, 1.82) is 0 Å². The smallest absolute Gasteiger partial charge is 0.311 e. The van der Waals surface area contributed by atoms with Gasteiger partial charge in [0.15, 0.2) is 0 Å². The molecular weight excluding hydrogens is 372 g/mol. The minimum Gasteiger partial charge on any atom is -0.481 e. The molecule has 1 aliphatic heterocycles. The Labute approximate surface area is 164 Å². The van der Waals surface area contributed by atoms with Crippen molar-refractivity contribution in [2.45, 2.75) is 24.2 Å². The van der Waals surface area contributed by atoms with Gasteiger partial charge in [-0.25, -0.2) is 0 Å². The highest BCUT2D eigenvalue weighted by atomic mass is 35.5. The lowest BCUT2D eigenvalue weighted by Crippen LogP contribution is -2.37. The summed E-state index contributed by atoms with van der Waals surface area (Å²) >= 11 is 1.62. The standard InChI is InChI=1S/C19H24N2O3S.ClH/c1-2-10-25-16-8-4-3-7-15(16)20-17(22)12-21-11-14-6-5-9-19(14,13-21)18(23)24;/h2-4,7-8,14H,1,5-6,9-13H2,(H,20,22)(H,23,24);1H/t14-,19+;/m0./s1. The first-order valence-corrected chi connectivity index (χ1v) is 9.62. The van der Waals surface area contributed by atoms with Crippen LogP contribution in [0.5, 0.6) is 0 Å². The average Bonchev–Trinajstić information content (AvgIpc) is 3.12. The lowest BCUT2D eigenvalue weighted by Gasteiger charge is -2.23. The number of likely N-dealkylation sites (tertiary alicyclic amines) is 1. The number of anilines is 1. The molecule has 0 bridgehead atoms. The van der Waals surface area contributed by atoms with E-state index in [9.17, 15) is 14.7 Å². The summed E-state index contributed by atoms with van der Waals surface area (Å²) in [4.78, 5) is 27.2. The van der Waals surface area contributed by atoms with Gasteiger partial charge in [0.2, 0.25) is 5.91 Å². The second kappa shape index (κ2) is 8.93. The fraction of sp³-hybridized carbons (Fsp3) is 0.474. The number of carboxylic acid groups (broad SMARTS) is 1. The summed E-state index contributed by atoms with van der Waals surface area (Å²) in [6, 6.07) is 7.71. The van der Waals surface area contributed by atoms with Crippen LogP contribution in [0.3, 0.4) is 0 Å². The molecule has 5 nitrogen and oxygen atoms in total. The lowest BCUT2D eigenvalue weighted by molar-refractivity contribution is -0.149. The first-order chi connectivity index (χ1) is 12.0. The molecule has 1 aliphatic carbocycles. The first-order valence-electron chi connectivity index (χ1n) is 8.63. The minimum atomic E-state index is -0.705. The Hall–Kier alpha value is -1.50. The number of carbonyl (C=O) groups excluding carboxylic acids is 1. The molecule has 1 saturated carbocycles. The third kappa shape index (κ3) is 4.24. The summed E-state index contributed by atoms with van der Waals surface area (Å²) in [6.07, 6.45) is 4.49. The van der Waals surface area contributed by atoms with Gasteiger partial charge in [0.1, 0.15) is 0 Å². The lowest BCUT2D eigenvalue weighted by atomic mass is 9.81. The molecule has 2 fully saturated rings. The number of benzene rings is 1. The molecule has 0 spiro atoms. The molecule has 2 N–H and O–H groups in total. The van der Waals surface area contributed by atoms with E-state index in [1.54, 1.807) is 11.8 Å². The number of carboxylic acids is 1. The molecule has 2 aliphatic rings. The van der Waals surface area contributed by atoms with E-state index in [4.69, 9.17) is 0 Å². The highest BCUT2D eigenvalue weighted by molar-refractivity contribution is 7.99. The molecule has 1 aromatic rings. The molecule has 0 aromatic heterocycles. The van der Waals surface area contributed by atoms with E-state index in [-0.39, 0.29) is 30.8 Å². The number of aliphatic carboxylic acids is 1. The van der Waals surface area contributed by atoms with E-state index in [1.807, 2.05) is 35.2 Å². The van der Waals surface area contributed by atoms with E-state index < -0.39 is 11.4 Å². The Morgan fingerprint density at radius 3 is 2.88 bits per heavy atom. The number of carbonyl (C=O) groups is 2. The van der Waals surface area contributed by atoms with Gasteiger partial charge in [-0.05, 0) is 30.9 Å². The molecular formula is C19H25ClN2O3S. The Morgan fingerprint density at radius 1 is 1.42 bits per heavy atom. The molecule has 1 amide bonds. The molecule has 26 heavy (non-hydrogen) atoms. The maximum absolute atomic E-state index is 12.5. The van der Waals surface area contributed by atoms with Gasteiger partial charge in [-0.3, -0.25) is 14.5 Å². The summed E-state index contributed by atoms with van der Waals surface area (Å²) in [6.45, 7) is 5.14. The average molecular weight is 397 g/mol. The second-order valence-electron chi connectivity index (χ2n) is 6.86. The SMILES string of the molecule is C=CCSc1ccccc1NC(=O)CN1C[C@@H]2CCC[C@@]2(C(=O)O)C1.Cl. The van der Waals surface area contributed by atoms with Crippen molar-refractivity contribution < 1.29 is 14.7 Å². The van der Waals surface area contributed by atoms with Crippen molar-refractivity contribution in [2.24, 2.45) is 11.3 Å². The minimum absolute atomic E-state index is 0. The maximum Gasteiger partial charge on any atom is 0.311 e. The molecule has 3 rings (SSSR count). The van der Waals surface area contributed by atoms with Gasteiger partial charge in [0.25, 0.3) is 0 Å². The number of nitrogens with one attached hydrogen (secondary N) is 1. The molecule has 0 radical (unpaired) electrons. The number of hydrogen-bond donors (Lipinski definition) is 2. The van der Waals surface area contributed by atoms with Crippen LogP contribution in [0.4, 0.5) is 5.69 Å². The number of thioether (sulfide) groups is 1. The number of hydrogen-bond acceptors (Lipinski definition) is 4. The molecule has 0 unspecified atom stereocenters. The van der Waals surface area contributed by atoms with Gasteiger partial charge in [0, 0.05) is 23.7 Å². The topological polar surface area (TPSA) is 69.6 Å². The zero-order valence-corrected chi connectivity index (χ0v) is 16.3. The van der Waals surface area contributed by atoms with E-state index in [1.165, 1.54) is 0 Å². The zero-order chi connectivity index (χ0) is 17.9. The van der Waals surface area contributed by atoms with Crippen LogP contribution in [0.1, 0.15) is 19.3 Å². The summed E-state index contributed by atoms with van der Waals surface area (Å²) < 4.78 is 0. The predicted octanol–water partition coefficient (Wildman–Crippen LogP) is 3.51. The number of nitrogens with zero attached hydrogens (tertiary/aromatic N) is 1. The molecule has 1 aromatic carbocycles. The number of halogens is 1. The summed E-state index contributed by atoms with van der Waals surface area (Å²) in [5, 5.41) is 12.6. The van der Waals surface area contributed by atoms with Gasteiger partial charge in [-0.2, -0.15) is 0 Å². The van der Waals surface area contributed by atoms with Gasteiger partial charge < -0.3 is 10.4 Å². The van der Waals surface area contributed by atoms with Crippen LogP contribution in [-0.4, -0.2) is 47.3 Å². The second-order valence-corrected chi connectivity index (χ2v) is 7.93. The highest BCUT2D eigenvalue weighted by Crippen LogP contribution is 2.48. The predicted molar refractivity (Wildman–Crippen MR) is 107 cm³/mol. The summed E-state index contributed by atoms with van der Waals surface area (Å²) in [5.41, 5.74) is 0.157. The first kappa shape index (κ1) is 20.8. The van der Waals surface area contributed by atoms with Crippen molar-refractivity contribution in [3.8, 4) is 0 Å². The van der Waals surface area contributed by atoms with E-state index >= 15 is 0 Å². The van der Waals surface area contributed by atoms with Crippen molar-refractivity contribution in [2.75, 3.05) is 30.7 Å². The monoisotopic (exact) mass is 396 g/mol. The zero-order valence-electron chi connectivity index (χ0n) is 14.6. The summed E-state index contributed by atoms with van der Waals surface area (Å²) in [7, 11) is 0. The third-order valence-corrected chi connectivity index (χ3v) is 6.32. The maximum atomic E-state index is 12.5. The fourth-order valence-electron chi connectivity index (χ4n) is 4.10. The molecule has 7 heteroatoms. The van der Waals surface area contributed by atoms with Gasteiger partial charge in [-0.15, -0.1) is 30.7 Å². The quantitative estimate of drug-likeness (QED) is 0.545. The third-order valence-electron chi connectivity index (χ3n) is 5.25. The number of para-hydroxylation sites is 1. The van der Waals surface area contributed by atoms with Crippen molar-refractivity contribution in [1.82, 2.24) is 4.90 Å². The van der Waals surface area contributed by atoms with Crippen LogP contribution >= 0.6 is 24.2 Å². The van der Waals surface area contributed by atoms with Crippen LogP contribution < -0.4 is 5.32 Å². The molecule has 2 atom stereocenters. The molecule has 142 valence electrons. The van der Waals surface area contributed by atoms with Crippen LogP contribution in [0.15, 0.2) is 41.8 Å². The fourth-order valence-corrected chi connectivity index (χ4v) is 4.85. The molecule has 1 saturated heterocycles. The van der Waals surface area contributed by atoms with E-state index in [0.29, 0.717) is 13.1 Å².